The van der Waals surface area contributed by atoms with Crippen LogP contribution in [0.3, 0.4) is 0 Å². The zero-order chi connectivity index (χ0) is 17.5. The molecule has 25 heavy (non-hydrogen) atoms. The van der Waals surface area contributed by atoms with Gasteiger partial charge < -0.3 is 14.6 Å². The van der Waals surface area contributed by atoms with E-state index in [0.29, 0.717) is 24.1 Å². The first-order valence-electron chi connectivity index (χ1n) is 8.05. The van der Waals surface area contributed by atoms with Crippen molar-refractivity contribution in [3.63, 3.8) is 0 Å². The smallest absolute Gasteiger partial charge is 0.237 e. The molecule has 0 saturated carbocycles. The summed E-state index contributed by atoms with van der Waals surface area (Å²) in [6.45, 7) is 5.54. The van der Waals surface area contributed by atoms with E-state index in [-0.39, 0.29) is 0 Å². The summed E-state index contributed by atoms with van der Waals surface area (Å²) >= 11 is 3.05. The lowest BCUT2D eigenvalue weighted by Crippen LogP contribution is -1.98. The lowest BCUT2D eigenvalue weighted by atomic mass is 10.2. The minimum atomic E-state index is 0.530. The Kier molecular flexibility index (Phi) is 6.24. The molecule has 1 N–H and O–H groups in total. The van der Waals surface area contributed by atoms with Gasteiger partial charge in [0.15, 0.2) is 4.34 Å². The molecular weight excluding hydrogens is 358 g/mol. The molecule has 0 atom stereocenters. The summed E-state index contributed by atoms with van der Waals surface area (Å²) in [5, 5.41) is 16.4. The molecule has 0 saturated heterocycles. The normalized spacial score (nSPS) is 10.8. The minimum absolute atomic E-state index is 0.530. The second kappa shape index (κ2) is 8.82. The van der Waals surface area contributed by atoms with Crippen molar-refractivity contribution in [2.24, 2.45) is 0 Å². The summed E-state index contributed by atoms with van der Waals surface area (Å²) < 4.78 is 11.8. The van der Waals surface area contributed by atoms with Gasteiger partial charge in [-0.1, -0.05) is 47.3 Å². The van der Waals surface area contributed by atoms with Gasteiger partial charge in [0.05, 0.1) is 17.9 Å². The molecule has 1 aromatic carbocycles. The number of rotatable bonds is 9. The lowest BCUT2D eigenvalue weighted by molar-refractivity contribution is 0.341. The maximum absolute atomic E-state index is 5.61. The number of aromatic nitrogens is 4. The van der Waals surface area contributed by atoms with Gasteiger partial charge in [0.25, 0.3) is 0 Å². The fraction of sp³-hybridized carbons (Fsp3) is 0.375. The van der Waals surface area contributed by atoms with E-state index in [2.05, 4.69) is 32.6 Å². The number of hydrogen-bond acceptors (Lipinski definition) is 9. The summed E-state index contributed by atoms with van der Waals surface area (Å²) in [7, 11) is 0. The Morgan fingerprint density at radius 2 is 2.12 bits per heavy atom. The van der Waals surface area contributed by atoms with Crippen LogP contribution < -0.4 is 10.1 Å². The van der Waals surface area contributed by atoms with E-state index in [1.807, 2.05) is 31.2 Å². The number of benzene rings is 1. The van der Waals surface area contributed by atoms with Crippen LogP contribution >= 0.6 is 23.1 Å². The molecule has 2 heterocycles. The highest BCUT2D eigenvalue weighted by Gasteiger charge is 2.14. The molecule has 0 bridgehead atoms. The van der Waals surface area contributed by atoms with Crippen LogP contribution in [-0.4, -0.2) is 33.5 Å². The maximum atomic E-state index is 5.61. The van der Waals surface area contributed by atoms with Gasteiger partial charge in [-0.15, -0.1) is 10.2 Å². The second-order valence-corrected chi connectivity index (χ2v) is 7.23. The van der Waals surface area contributed by atoms with Gasteiger partial charge in [-0.25, -0.2) is 0 Å². The van der Waals surface area contributed by atoms with Crippen molar-refractivity contribution in [3.8, 4) is 17.1 Å². The van der Waals surface area contributed by atoms with Crippen molar-refractivity contribution >= 4 is 28.2 Å². The molecule has 0 aliphatic carbocycles. The number of thioether (sulfide) groups is 1. The fourth-order valence-corrected chi connectivity index (χ4v) is 3.67. The van der Waals surface area contributed by atoms with Crippen LogP contribution in [0.1, 0.15) is 26.2 Å². The Balaban J connectivity index is 1.63. The van der Waals surface area contributed by atoms with Gasteiger partial charge in [0.2, 0.25) is 16.8 Å². The number of hydrogen-bond donors (Lipinski definition) is 1. The SMILES string of the molecule is CCCNc1nnc(SCc2nc(-c3ccccc3OCC)no2)s1. The topological polar surface area (TPSA) is 86.0 Å². The van der Waals surface area contributed by atoms with E-state index in [9.17, 15) is 0 Å². The Hall–Kier alpha value is -2.13. The first-order chi connectivity index (χ1) is 12.3. The van der Waals surface area contributed by atoms with Crippen LogP contribution in [0.4, 0.5) is 5.13 Å². The highest BCUT2D eigenvalue weighted by Crippen LogP contribution is 2.30. The van der Waals surface area contributed by atoms with Crippen LogP contribution in [-0.2, 0) is 5.75 Å². The van der Waals surface area contributed by atoms with E-state index in [1.165, 1.54) is 23.1 Å². The third-order valence-corrected chi connectivity index (χ3v) is 5.15. The van der Waals surface area contributed by atoms with Crippen molar-refractivity contribution in [3.05, 3.63) is 30.2 Å². The zero-order valence-corrected chi connectivity index (χ0v) is 15.7. The van der Waals surface area contributed by atoms with Crippen LogP contribution in [0, 0.1) is 0 Å². The monoisotopic (exact) mass is 377 g/mol. The van der Waals surface area contributed by atoms with Crippen LogP contribution in [0.25, 0.3) is 11.4 Å². The predicted octanol–water partition coefficient (Wildman–Crippen LogP) is 4.10. The number of anilines is 1. The third-order valence-electron chi connectivity index (χ3n) is 3.15. The highest BCUT2D eigenvalue weighted by molar-refractivity contribution is 8.00. The Bertz CT molecular complexity index is 805. The number of nitrogens with zero attached hydrogens (tertiary/aromatic N) is 4. The summed E-state index contributed by atoms with van der Waals surface area (Å²) in [6.07, 6.45) is 1.05. The molecule has 9 heteroatoms. The molecule has 0 aliphatic rings. The average Bonchev–Trinajstić information content (AvgIpc) is 3.28. The molecule has 0 amide bonds. The van der Waals surface area contributed by atoms with E-state index in [1.54, 1.807) is 0 Å². The van der Waals surface area contributed by atoms with Gasteiger partial charge >= 0.3 is 0 Å². The number of para-hydroxylation sites is 1. The Morgan fingerprint density at radius 1 is 1.24 bits per heavy atom. The summed E-state index contributed by atoms with van der Waals surface area (Å²) in [6, 6.07) is 7.67. The quantitative estimate of drug-likeness (QED) is 0.558. The van der Waals surface area contributed by atoms with Gasteiger partial charge in [-0.3, -0.25) is 0 Å². The first-order valence-corrected chi connectivity index (χ1v) is 9.85. The van der Waals surface area contributed by atoms with Crippen molar-refractivity contribution < 1.29 is 9.26 Å². The van der Waals surface area contributed by atoms with E-state index >= 15 is 0 Å². The molecule has 7 nitrogen and oxygen atoms in total. The van der Waals surface area contributed by atoms with E-state index in [0.717, 1.165) is 33.7 Å². The number of ether oxygens (including phenoxy) is 1. The molecule has 3 rings (SSSR count). The molecule has 0 unspecified atom stereocenters. The van der Waals surface area contributed by atoms with Gasteiger partial charge in [-0.05, 0) is 25.5 Å². The Labute approximate surface area is 154 Å². The summed E-state index contributed by atoms with van der Waals surface area (Å²) in [4.78, 5) is 4.46. The van der Waals surface area contributed by atoms with Crippen LogP contribution in [0.5, 0.6) is 5.75 Å². The molecule has 0 aliphatic heterocycles. The molecule has 132 valence electrons. The van der Waals surface area contributed by atoms with Crippen molar-refractivity contribution in [2.45, 2.75) is 30.4 Å². The van der Waals surface area contributed by atoms with Crippen LogP contribution in [0.15, 0.2) is 33.1 Å². The largest absolute Gasteiger partial charge is 0.493 e. The van der Waals surface area contributed by atoms with Crippen molar-refractivity contribution in [2.75, 3.05) is 18.5 Å². The molecular formula is C16H19N5O2S2. The van der Waals surface area contributed by atoms with Crippen molar-refractivity contribution in [1.29, 1.82) is 0 Å². The first kappa shape index (κ1) is 17.7. The zero-order valence-electron chi connectivity index (χ0n) is 14.1. The second-order valence-electron chi connectivity index (χ2n) is 5.03. The highest BCUT2D eigenvalue weighted by atomic mass is 32.2. The number of nitrogens with one attached hydrogen (secondary N) is 1. The molecule has 2 aromatic heterocycles. The van der Waals surface area contributed by atoms with Gasteiger partial charge in [0.1, 0.15) is 5.75 Å². The maximum Gasteiger partial charge on any atom is 0.237 e. The van der Waals surface area contributed by atoms with Gasteiger partial charge in [-0.2, -0.15) is 4.98 Å². The summed E-state index contributed by atoms with van der Waals surface area (Å²) in [5.74, 6) is 2.37. The van der Waals surface area contributed by atoms with Gasteiger partial charge in [0, 0.05) is 6.54 Å². The fourth-order valence-electron chi connectivity index (χ4n) is 2.05. The van der Waals surface area contributed by atoms with E-state index < -0.39 is 0 Å². The molecule has 3 aromatic rings. The van der Waals surface area contributed by atoms with E-state index in [4.69, 9.17) is 9.26 Å². The lowest BCUT2D eigenvalue weighted by Gasteiger charge is -2.05. The minimum Gasteiger partial charge on any atom is -0.493 e. The third kappa shape index (κ3) is 4.70. The summed E-state index contributed by atoms with van der Waals surface area (Å²) in [5.41, 5.74) is 0.825. The van der Waals surface area contributed by atoms with Crippen molar-refractivity contribution in [1.82, 2.24) is 20.3 Å². The molecule has 0 fully saturated rings. The Morgan fingerprint density at radius 3 is 2.96 bits per heavy atom. The average molecular weight is 377 g/mol. The standard InChI is InChI=1S/C16H19N5O2S2/c1-3-9-17-15-19-20-16(25-15)24-10-13-18-14(21-23-13)11-7-5-6-8-12(11)22-4-2/h5-8H,3-4,9-10H2,1-2H3,(H,17,19). The predicted molar refractivity (Wildman–Crippen MR) is 99.2 cm³/mol. The van der Waals surface area contributed by atoms with Crippen LogP contribution in [0.2, 0.25) is 0 Å². The molecule has 0 spiro atoms. The molecule has 0 radical (unpaired) electrons.